The quantitative estimate of drug-likeness (QED) is 0.783. The predicted molar refractivity (Wildman–Crippen MR) is 80.1 cm³/mol. The molecule has 0 aromatic heterocycles. The fourth-order valence-corrected chi connectivity index (χ4v) is 2.51. The second kappa shape index (κ2) is 6.88. The van der Waals surface area contributed by atoms with E-state index in [1.54, 1.807) is 0 Å². The van der Waals surface area contributed by atoms with Crippen molar-refractivity contribution in [1.29, 1.82) is 0 Å². The molecular formula is C15H33N3. The Morgan fingerprint density at radius 2 is 2.00 bits per heavy atom. The molecule has 0 aromatic rings. The zero-order valence-corrected chi connectivity index (χ0v) is 13.3. The normalized spacial score (nSPS) is 23.8. The van der Waals surface area contributed by atoms with Crippen LogP contribution in [0.4, 0.5) is 0 Å². The fourth-order valence-electron chi connectivity index (χ4n) is 2.51. The van der Waals surface area contributed by atoms with Gasteiger partial charge < -0.3 is 15.1 Å². The maximum atomic E-state index is 3.64. The van der Waals surface area contributed by atoms with Crippen LogP contribution in [0.5, 0.6) is 0 Å². The number of hydrogen-bond acceptors (Lipinski definition) is 3. The minimum absolute atomic E-state index is 0.254. The van der Waals surface area contributed by atoms with Crippen molar-refractivity contribution >= 4 is 0 Å². The van der Waals surface area contributed by atoms with Crippen LogP contribution in [-0.2, 0) is 0 Å². The summed E-state index contributed by atoms with van der Waals surface area (Å²) in [6.45, 7) is 14.0. The first-order chi connectivity index (χ1) is 8.28. The molecule has 0 aromatic carbocycles. The van der Waals surface area contributed by atoms with Gasteiger partial charge in [0.2, 0.25) is 0 Å². The summed E-state index contributed by atoms with van der Waals surface area (Å²) in [6, 6.07) is 0.729. The summed E-state index contributed by atoms with van der Waals surface area (Å²) in [4.78, 5) is 4.95. The minimum Gasteiger partial charge on any atom is -0.312 e. The summed E-state index contributed by atoms with van der Waals surface area (Å²) >= 11 is 0. The Kier molecular flexibility index (Phi) is 6.09. The Hall–Kier alpha value is -0.120. The molecule has 1 aliphatic heterocycles. The van der Waals surface area contributed by atoms with Crippen molar-refractivity contribution in [2.75, 3.05) is 40.3 Å². The molecule has 1 rings (SSSR count). The molecule has 1 heterocycles. The van der Waals surface area contributed by atoms with Gasteiger partial charge in [-0.2, -0.15) is 0 Å². The van der Waals surface area contributed by atoms with Gasteiger partial charge in [0.15, 0.2) is 0 Å². The zero-order chi connectivity index (χ0) is 13.8. The third-order valence-corrected chi connectivity index (χ3v) is 3.86. The van der Waals surface area contributed by atoms with E-state index in [-0.39, 0.29) is 5.54 Å². The molecule has 1 saturated heterocycles. The Balaban J connectivity index is 2.23. The second-order valence-electron chi connectivity index (χ2n) is 7.22. The van der Waals surface area contributed by atoms with Crippen molar-refractivity contribution in [3.63, 3.8) is 0 Å². The van der Waals surface area contributed by atoms with Crippen molar-refractivity contribution < 1.29 is 0 Å². The minimum atomic E-state index is 0.254. The van der Waals surface area contributed by atoms with E-state index >= 15 is 0 Å². The van der Waals surface area contributed by atoms with Crippen LogP contribution in [0, 0.1) is 5.92 Å². The van der Waals surface area contributed by atoms with Crippen molar-refractivity contribution in [2.24, 2.45) is 5.92 Å². The lowest BCUT2D eigenvalue weighted by Gasteiger charge is -2.26. The van der Waals surface area contributed by atoms with E-state index in [1.807, 2.05) is 0 Å². The van der Waals surface area contributed by atoms with E-state index in [2.05, 4.69) is 56.9 Å². The van der Waals surface area contributed by atoms with Crippen molar-refractivity contribution in [3.05, 3.63) is 0 Å². The average molecular weight is 255 g/mol. The lowest BCUT2D eigenvalue weighted by molar-refractivity contribution is 0.218. The van der Waals surface area contributed by atoms with Crippen LogP contribution in [0.3, 0.4) is 0 Å². The van der Waals surface area contributed by atoms with Crippen LogP contribution in [0.15, 0.2) is 0 Å². The lowest BCUT2D eigenvalue weighted by Crippen LogP contribution is -2.40. The van der Waals surface area contributed by atoms with Gasteiger partial charge in [-0.05, 0) is 80.2 Å². The van der Waals surface area contributed by atoms with Gasteiger partial charge in [0, 0.05) is 18.1 Å². The summed E-state index contributed by atoms with van der Waals surface area (Å²) in [7, 11) is 4.32. The Labute approximate surface area is 114 Å². The molecule has 108 valence electrons. The standard InChI is InChI=1S/C15H33N3/c1-13(7-9-17(5)6)18-10-8-14(12-18)11-16-15(2,3)4/h13-14,16H,7-12H2,1-6H3. The van der Waals surface area contributed by atoms with Gasteiger partial charge >= 0.3 is 0 Å². The highest BCUT2D eigenvalue weighted by Gasteiger charge is 2.26. The second-order valence-corrected chi connectivity index (χ2v) is 7.22. The maximum Gasteiger partial charge on any atom is 0.00966 e. The number of nitrogens with one attached hydrogen (secondary N) is 1. The molecule has 0 spiro atoms. The Bertz CT molecular complexity index is 232. The molecule has 18 heavy (non-hydrogen) atoms. The molecular weight excluding hydrogens is 222 g/mol. The molecule has 0 radical (unpaired) electrons. The van der Waals surface area contributed by atoms with E-state index in [0.29, 0.717) is 0 Å². The monoisotopic (exact) mass is 255 g/mol. The Morgan fingerprint density at radius 1 is 1.33 bits per heavy atom. The van der Waals surface area contributed by atoms with Crippen LogP contribution < -0.4 is 5.32 Å². The molecule has 3 heteroatoms. The van der Waals surface area contributed by atoms with Gasteiger partial charge in [-0.1, -0.05) is 0 Å². The third-order valence-electron chi connectivity index (χ3n) is 3.86. The first-order valence-corrected chi connectivity index (χ1v) is 7.42. The Morgan fingerprint density at radius 3 is 2.56 bits per heavy atom. The number of hydrogen-bond donors (Lipinski definition) is 1. The van der Waals surface area contributed by atoms with Crippen LogP contribution >= 0.6 is 0 Å². The molecule has 3 nitrogen and oxygen atoms in total. The number of likely N-dealkylation sites (tertiary alicyclic amines) is 1. The van der Waals surface area contributed by atoms with Gasteiger partial charge in [0.1, 0.15) is 0 Å². The lowest BCUT2D eigenvalue weighted by atomic mass is 10.1. The molecule has 0 amide bonds. The van der Waals surface area contributed by atoms with Gasteiger partial charge in [0.25, 0.3) is 0 Å². The summed E-state index contributed by atoms with van der Waals surface area (Å²) in [5.41, 5.74) is 0.254. The predicted octanol–water partition coefficient (Wildman–Crippen LogP) is 2.04. The van der Waals surface area contributed by atoms with Crippen molar-refractivity contribution in [1.82, 2.24) is 15.1 Å². The smallest absolute Gasteiger partial charge is 0.00966 e. The van der Waals surface area contributed by atoms with Gasteiger partial charge in [-0.25, -0.2) is 0 Å². The topological polar surface area (TPSA) is 18.5 Å². The highest BCUT2D eigenvalue weighted by atomic mass is 15.2. The van der Waals surface area contributed by atoms with E-state index in [0.717, 1.165) is 12.0 Å². The van der Waals surface area contributed by atoms with E-state index in [4.69, 9.17) is 0 Å². The molecule has 2 atom stereocenters. The molecule has 0 bridgehead atoms. The van der Waals surface area contributed by atoms with Crippen molar-refractivity contribution in [3.8, 4) is 0 Å². The molecule has 0 saturated carbocycles. The third kappa shape index (κ3) is 6.17. The summed E-state index contributed by atoms with van der Waals surface area (Å²) < 4.78 is 0. The highest BCUT2D eigenvalue weighted by molar-refractivity contribution is 4.83. The van der Waals surface area contributed by atoms with E-state index < -0.39 is 0 Å². The molecule has 1 fully saturated rings. The molecule has 0 aliphatic carbocycles. The fraction of sp³-hybridized carbons (Fsp3) is 1.00. The number of rotatable bonds is 6. The van der Waals surface area contributed by atoms with Gasteiger partial charge in [0.05, 0.1) is 0 Å². The first-order valence-electron chi connectivity index (χ1n) is 7.42. The van der Waals surface area contributed by atoms with Crippen LogP contribution in [-0.4, -0.2) is 61.7 Å². The highest BCUT2D eigenvalue weighted by Crippen LogP contribution is 2.20. The van der Waals surface area contributed by atoms with E-state index in [1.165, 1.54) is 39.0 Å². The van der Waals surface area contributed by atoms with Crippen LogP contribution in [0.1, 0.15) is 40.5 Å². The summed E-state index contributed by atoms with van der Waals surface area (Å²) in [6.07, 6.45) is 2.64. The van der Waals surface area contributed by atoms with Crippen LogP contribution in [0.25, 0.3) is 0 Å². The molecule has 1 N–H and O–H groups in total. The van der Waals surface area contributed by atoms with E-state index in [9.17, 15) is 0 Å². The molecule has 1 aliphatic rings. The van der Waals surface area contributed by atoms with Gasteiger partial charge in [-0.3, -0.25) is 0 Å². The van der Waals surface area contributed by atoms with Gasteiger partial charge in [-0.15, -0.1) is 0 Å². The largest absolute Gasteiger partial charge is 0.312 e. The molecule has 2 unspecified atom stereocenters. The van der Waals surface area contributed by atoms with Crippen LogP contribution in [0.2, 0.25) is 0 Å². The average Bonchev–Trinajstić information content (AvgIpc) is 2.70. The first kappa shape index (κ1) is 15.9. The SMILES string of the molecule is CC(CCN(C)C)N1CCC(CNC(C)(C)C)C1. The zero-order valence-electron chi connectivity index (χ0n) is 13.3. The summed E-state index contributed by atoms with van der Waals surface area (Å²) in [5.74, 6) is 0.839. The van der Waals surface area contributed by atoms with Crippen molar-refractivity contribution in [2.45, 2.75) is 52.1 Å². The number of nitrogens with zero attached hydrogens (tertiary/aromatic N) is 2. The maximum absolute atomic E-state index is 3.64. The summed E-state index contributed by atoms with van der Waals surface area (Å²) in [5, 5.41) is 3.64.